The molecule has 0 aliphatic rings. The second-order valence-corrected chi connectivity index (χ2v) is 4.73. The summed E-state index contributed by atoms with van der Waals surface area (Å²) in [4.78, 5) is 16.4. The molecular formula is C15H15ClN2O. The minimum Gasteiger partial charge on any atom is -0.307 e. The van der Waals surface area contributed by atoms with E-state index < -0.39 is 0 Å². The molecular weight excluding hydrogens is 260 g/mol. The molecule has 3 nitrogen and oxygen atoms in total. The molecule has 19 heavy (non-hydrogen) atoms. The first-order valence-electron chi connectivity index (χ1n) is 6.00. The summed E-state index contributed by atoms with van der Waals surface area (Å²) in [5.74, 6) is 0.784. The third-order valence-corrected chi connectivity index (χ3v) is 2.99. The van der Waals surface area contributed by atoms with Crippen molar-refractivity contribution in [3.05, 3.63) is 58.8 Å². The number of nitrogens with one attached hydrogen (secondary N) is 1. The molecule has 1 amide bonds. The number of carbonyl (C=O) groups is 1. The highest BCUT2D eigenvalue weighted by Gasteiger charge is 2.08. The van der Waals surface area contributed by atoms with E-state index >= 15 is 0 Å². The van der Waals surface area contributed by atoms with Gasteiger partial charge in [-0.05, 0) is 49.2 Å². The van der Waals surface area contributed by atoms with Crippen LogP contribution < -0.4 is 5.32 Å². The summed E-state index contributed by atoms with van der Waals surface area (Å²) in [5, 5.41) is 2.80. The fourth-order valence-corrected chi connectivity index (χ4v) is 2.06. The Balaban J connectivity index is 2.20. The van der Waals surface area contributed by atoms with Crippen LogP contribution in [-0.4, -0.2) is 10.9 Å². The molecule has 0 aliphatic carbocycles. The minimum atomic E-state index is -0.176. The van der Waals surface area contributed by atoms with Crippen molar-refractivity contribution in [3.8, 4) is 0 Å². The Morgan fingerprint density at radius 2 is 2.05 bits per heavy atom. The Kier molecular flexibility index (Phi) is 4.17. The molecule has 2 rings (SSSR count). The van der Waals surface area contributed by atoms with E-state index in [0.29, 0.717) is 17.3 Å². The van der Waals surface area contributed by atoms with E-state index in [0.717, 1.165) is 16.8 Å². The number of anilines is 1. The van der Waals surface area contributed by atoms with Crippen LogP contribution in [0.5, 0.6) is 0 Å². The number of pyridine rings is 1. The molecule has 0 radical (unpaired) electrons. The molecule has 0 spiro atoms. The lowest BCUT2D eigenvalue weighted by Crippen LogP contribution is -2.13. The van der Waals surface area contributed by atoms with E-state index in [9.17, 15) is 4.79 Å². The smallest absolute Gasteiger partial charge is 0.256 e. The molecule has 0 saturated heterocycles. The van der Waals surface area contributed by atoms with E-state index in [2.05, 4.69) is 10.3 Å². The first-order valence-corrected chi connectivity index (χ1v) is 6.53. The van der Waals surface area contributed by atoms with Crippen LogP contribution in [0.3, 0.4) is 0 Å². The molecule has 0 fully saturated rings. The number of alkyl halides is 1. The van der Waals surface area contributed by atoms with Gasteiger partial charge in [0, 0.05) is 17.1 Å². The fraction of sp³-hybridized carbons (Fsp3) is 0.200. The van der Waals surface area contributed by atoms with Gasteiger partial charge in [-0.1, -0.05) is 12.1 Å². The molecule has 1 aromatic heterocycles. The molecule has 0 bridgehead atoms. The van der Waals surface area contributed by atoms with Gasteiger partial charge >= 0.3 is 0 Å². The quantitative estimate of drug-likeness (QED) is 0.868. The standard InChI is InChI=1S/C15H15ClN2O/c1-10-6-11(2)17-14(7-10)18-15(19)13-5-3-4-12(8-13)9-16/h3-8H,9H2,1-2H3,(H,17,18,19). The number of nitrogens with zero attached hydrogens (tertiary/aromatic N) is 1. The van der Waals surface area contributed by atoms with E-state index in [1.165, 1.54) is 0 Å². The average molecular weight is 275 g/mol. The molecule has 0 unspecified atom stereocenters. The average Bonchev–Trinajstić information content (AvgIpc) is 2.37. The summed E-state index contributed by atoms with van der Waals surface area (Å²) >= 11 is 5.76. The van der Waals surface area contributed by atoms with E-state index in [-0.39, 0.29) is 5.91 Å². The lowest BCUT2D eigenvalue weighted by atomic mass is 10.1. The normalized spacial score (nSPS) is 10.3. The van der Waals surface area contributed by atoms with Crippen LogP contribution in [0.1, 0.15) is 27.2 Å². The van der Waals surface area contributed by atoms with Crippen LogP contribution in [-0.2, 0) is 5.88 Å². The van der Waals surface area contributed by atoms with Crippen molar-refractivity contribution in [2.45, 2.75) is 19.7 Å². The van der Waals surface area contributed by atoms with Gasteiger partial charge in [-0.3, -0.25) is 4.79 Å². The maximum absolute atomic E-state index is 12.1. The van der Waals surface area contributed by atoms with Crippen molar-refractivity contribution in [2.24, 2.45) is 0 Å². The Labute approximate surface area is 117 Å². The number of rotatable bonds is 3. The summed E-state index contributed by atoms with van der Waals surface area (Å²) in [6, 6.07) is 11.1. The molecule has 0 atom stereocenters. The highest BCUT2D eigenvalue weighted by Crippen LogP contribution is 2.12. The summed E-state index contributed by atoms with van der Waals surface area (Å²) in [5.41, 5.74) is 3.45. The number of halogens is 1. The van der Waals surface area contributed by atoms with Crippen molar-refractivity contribution in [1.29, 1.82) is 0 Å². The number of aryl methyl sites for hydroxylation is 2. The maximum atomic E-state index is 12.1. The Bertz CT molecular complexity index is 591. The van der Waals surface area contributed by atoms with Crippen molar-refractivity contribution >= 4 is 23.3 Å². The summed E-state index contributed by atoms with van der Waals surface area (Å²) in [6.45, 7) is 3.87. The second kappa shape index (κ2) is 5.85. The zero-order valence-corrected chi connectivity index (χ0v) is 11.7. The van der Waals surface area contributed by atoms with Crippen LogP contribution >= 0.6 is 11.6 Å². The first kappa shape index (κ1) is 13.6. The molecule has 1 heterocycles. The van der Waals surface area contributed by atoms with Crippen molar-refractivity contribution < 1.29 is 4.79 Å². The SMILES string of the molecule is Cc1cc(C)nc(NC(=O)c2cccc(CCl)c2)c1. The molecule has 1 aromatic carbocycles. The molecule has 98 valence electrons. The fourth-order valence-electron chi connectivity index (χ4n) is 1.89. The summed E-state index contributed by atoms with van der Waals surface area (Å²) in [6.07, 6.45) is 0. The van der Waals surface area contributed by atoms with Gasteiger partial charge < -0.3 is 5.32 Å². The van der Waals surface area contributed by atoms with Crippen LogP contribution in [0.4, 0.5) is 5.82 Å². The zero-order valence-electron chi connectivity index (χ0n) is 10.9. The molecule has 2 aromatic rings. The van der Waals surface area contributed by atoms with Crippen molar-refractivity contribution in [2.75, 3.05) is 5.32 Å². The van der Waals surface area contributed by atoms with Gasteiger partial charge in [0.15, 0.2) is 0 Å². The third kappa shape index (κ3) is 3.55. The van der Waals surface area contributed by atoms with Gasteiger partial charge in [-0.15, -0.1) is 11.6 Å². The largest absolute Gasteiger partial charge is 0.307 e. The van der Waals surface area contributed by atoms with Gasteiger partial charge in [0.05, 0.1) is 0 Å². The predicted molar refractivity (Wildman–Crippen MR) is 77.7 cm³/mol. The van der Waals surface area contributed by atoms with E-state index in [4.69, 9.17) is 11.6 Å². The first-order chi connectivity index (χ1) is 9.08. The van der Waals surface area contributed by atoms with E-state index in [1.54, 1.807) is 12.1 Å². The van der Waals surface area contributed by atoms with Crippen LogP contribution in [0, 0.1) is 13.8 Å². The summed E-state index contributed by atoms with van der Waals surface area (Å²) in [7, 11) is 0. The monoisotopic (exact) mass is 274 g/mol. The molecule has 1 N–H and O–H groups in total. The van der Waals surface area contributed by atoms with Crippen molar-refractivity contribution in [1.82, 2.24) is 4.98 Å². The second-order valence-electron chi connectivity index (χ2n) is 4.46. The topological polar surface area (TPSA) is 42.0 Å². The van der Waals surface area contributed by atoms with Crippen molar-refractivity contribution in [3.63, 3.8) is 0 Å². The van der Waals surface area contributed by atoms with Gasteiger partial charge in [0.25, 0.3) is 5.91 Å². The molecule has 0 aliphatic heterocycles. The number of aromatic nitrogens is 1. The summed E-state index contributed by atoms with van der Waals surface area (Å²) < 4.78 is 0. The Morgan fingerprint density at radius 3 is 2.74 bits per heavy atom. The lowest BCUT2D eigenvalue weighted by molar-refractivity contribution is 0.102. The number of benzene rings is 1. The highest BCUT2D eigenvalue weighted by atomic mass is 35.5. The Hall–Kier alpha value is -1.87. The maximum Gasteiger partial charge on any atom is 0.256 e. The third-order valence-electron chi connectivity index (χ3n) is 2.68. The van der Waals surface area contributed by atoms with E-state index in [1.807, 2.05) is 38.1 Å². The predicted octanol–water partition coefficient (Wildman–Crippen LogP) is 3.69. The Morgan fingerprint density at radius 1 is 1.26 bits per heavy atom. The highest BCUT2D eigenvalue weighted by molar-refractivity contribution is 6.17. The van der Waals surface area contributed by atoms with Gasteiger partial charge in [-0.2, -0.15) is 0 Å². The lowest BCUT2D eigenvalue weighted by Gasteiger charge is -2.07. The minimum absolute atomic E-state index is 0.176. The zero-order chi connectivity index (χ0) is 13.8. The van der Waals surface area contributed by atoms with Crippen LogP contribution in [0.15, 0.2) is 36.4 Å². The molecule has 4 heteroatoms. The van der Waals surface area contributed by atoms with Gasteiger partial charge in [-0.25, -0.2) is 4.98 Å². The number of carbonyl (C=O) groups excluding carboxylic acids is 1. The van der Waals surface area contributed by atoms with Gasteiger partial charge in [0.2, 0.25) is 0 Å². The van der Waals surface area contributed by atoms with Crippen LogP contribution in [0.2, 0.25) is 0 Å². The molecule has 0 saturated carbocycles. The number of amides is 1. The van der Waals surface area contributed by atoms with Crippen LogP contribution in [0.25, 0.3) is 0 Å². The number of hydrogen-bond donors (Lipinski definition) is 1. The number of hydrogen-bond acceptors (Lipinski definition) is 2. The van der Waals surface area contributed by atoms with Gasteiger partial charge in [0.1, 0.15) is 5.82 Å².